The highest BCUT2D eigenvalue weighted by Crippen LogP contribution is 2.05. The molecule has 1 aliphatic rings. The van der Waals surface area contributed by atoms with Gasteiger partial charge >= 0.3 is 0 Å². The van der Waals surface area contributed by atoms with Gasteiger partial charge in [0.1, 0.15) is 0 Å². The summed E-state index contributed by atoms with van der Waals surface area (Å²) in [5.74, 6) is 0. The third-order valence-electron chi connectivity index (χ3n) is 1.27. The molecule has 0 fully saturated rings. The van der Waals surface area contributed by atoms with Gasteiger partial charge in [0.25, 0.3) is 0 Å². The van der Waals surface area contributed by atoms with Crippen LogP contribution in [0.25, 0.3) is 0 Å². The molecule has 1 rings (SSSR count). The van der Waals surface area contributed by atoms with Crippen molar-refractivity contribution in [2.24, 2.45) is 5.73 Å². The van der Waals surface area contributed by atoms with Crippen LogP contribution in [0, 0.1) is 0 Å². The first kappa shape index (κ1) is 5.42. The molecule has 0 saturated heterocycles. The van der Waals surface area contributed by atoms with Crippen molar-refractivity contribution in [1.29, 1.82) is 0 Å². The fourth-order valence-corrected chi connectivity index (χ4v) is 0.792. The van der Waals surface area contributed by atoms with E-state index >= 15 is 0 Å². The molecule has 0 aliphatic heterocycles. The number of rotatable bonds is 0. The lowest BCUT2D eigenvalue weighted by Gasteiger charge is -1.85. The van der Waals surface area contributed by atoms with E-state index < -0.39 is 0 Å². The fraction of sp³-hybridized carbons (Fsp3) is 0.429. The van der Waals surface area contributed by atoms with Crippen molar-refractivity contribution in [2.45, 2.75) is 19.3 Å². The Labute approximate surface area is 49.9 Å². The molecule has 0 amide bonds. The van der Waals surface area contributed by atoms with Crippen LogP contribution in [0.5, 0.6) is 0 Å². The predicted octanol–water partition coefficient (Wildman–Crippen LogP) is 1.57. The molecule has 0 unspecified atom stereocenters. The lowest BCUT2D eigenvalue weighted by Crippen LogP contribution is -1.89. The smallest absolute Gasteiger partial charge is 0.0270 e. The molecule has 0 radical (unpaired) electrons. The molecule has 0 bridgehead atoms. The van der Waals surface area contributed by atoms with Crippen LogP contribution in [0.4, 0.5) is 0 Å². The van der Waals surface area contributed by atoms with Gasteiger partial charge < -0.3 is 5.73 Å². The largest absolute Gasteiger partial charge is 0.399 e. The van der Waals surface area contributed by atoms with Gasteiger partial charge in [-0.05, 0) is 25.3 Å². The fourth-order valence-electron chi connectivity index (χ4n) is 0.792. The lowest BCUT2D eigenvalue weighted by molar-refractivity contribution is 0.874. The topological polar surface area (TPSA) is 26.0 Å². The van der Waals surface area contributed by atoms with Crippen LogP contribution in [-0.4, -0.2) is 0 Å². The van der Waals surface area contributed by atoms with Crippen molar-refractivity contribution < 1.29 is 0 Å². The molecule has 8 heavy (non-hydrogen) atoms. The van der Waals surface area contributed by atoms with Gasteiger partial charge in [-0.15, -0.1) is 0 Å². The third kappa shape index (κ3) is 1.41. The number of nitrogens with two attached hydrogens (primary N) is 1. The zero-order chi connectivity index (χ0) is 5.82. The van der Waals surface area contributed by atoms with Crippen molar-refractivity contribution in [3.8, 4) is 0 Å². The number of hydrogen-bond donors (Lipinski definition) is 1. The van der Waals surface area contributed by atoms with Gasteiger partial charge in [0.15, 0.2) is 0 Å². The van der Waals surface area contributed by atoms with E-state index in [0.29, 0.717) is 0 Å². The van der Waals surface area contributed by atoms with Gasteiger partial charge in [-0.2, -0.15) is 0 Å². The second kappa shape index (κ2) is 2.55. The Morgan fingerprint density at radius 2 is 2.25 bits per heavy atom. The highest BCUT2D eigenvalue weighted by Gasteiger charge is 1.88. The van der Waals surface area contributed by atoms with Gasteiger partial charge in [0, 0.05) is 5.70 Å². The Kier molecular flexibility index (Phi) is 1.73. The van der Waals surface area contributed by atoms with Crippen molar-refractivity contribution in [2.75, 3.05) is 0 Å². The normalized spacial score (nSPS) is 19.8. The van der Waals surface area contributed by atoms with Crippen LogP contribution in [-0.2, 0) is 0 Å². The third-order valence-corrected chi connectivity index (χ3v) is 1.27. The standard InChI is InChI=1S/C7H11N/c8-7-5-3-1-2-4-6-7/h3,5-6H,1-2,4,8H2. The second-order valence-electron chi connectivity index (χ2n) is 2.04. The molecule has 44 valence electrons. The number of allylic oxidation sites excluding steroid dienone is 3. The van der Waals surface area contributed by atoms with E-state index in [0.717, 1.165) is 12.1 Å². The minimum Gasteiger partial charge on any atom is -0.399 e. The zero-order valence-electron chi connectivity index (χ0n) is 4.93. The van der Waals surface area contributed by atoms with E-state index in [9.17, 15) is 0 Å². The lowest BCUT2D eigenvalue weighted by atomic mass is 10.2. The van der Waals surface area contributed by atoms with Gasteiger partial charge in [-0.1, -0.05) is 12.2 Å². The first-order valence-corrected chi connectivity index (χ1v) is 3.02. The molecule has 1 aliphatic carbocycles. The molecule has 0 saturated carbocycles. The summed E-state index contributed by atoms with van der Waals surface area (Å²) < 4.78 is 0. The van der Waals surface area contributed by atoms with Gasteiger partial charge in [0.05, 0.1) is 0 Å². The molecule has 0 heterocycles. The Hall–Kier alpha value is -0.720. The Morgan fingerprint density at radius 1 is 1.38 bits per heavy atom. The second-order valence-corrected chi connectivity index (χ2v) is 2.04. The zero-order valence-corrected chi connectivity index (χ0v) is 4.93. The SMILES string of the molecule is NC1=CCCCC=C1. The van der Waals surface area contributed by atoms with Crippen molar-refractivity contribution in [3.05, 3.63) is 23.9 Å². The van der Waals surface area contributed by atoms with Crippen LogP contribution in [0.3, 0.4) is 0 Å². The van der Waals surface area contributed by atoms with Crippen LogP contribution < -0.4 is 5.73 Å². The molecule has 0 atom stereocenters. The summed E-state index contributed by atoms with van der Waals surface area (Å²) in [5, 5.41) is 0. The molecule has 0 aromatic rings. The Morgan fingerprint density at radius 3 is 3.12 bits per heavy atom. The van der Waals surface area contributed by atoms with E-state index in [1.54, 1.807) is 0 Å². The summed E-state index contributed by atoms with van der Waals surface area (Å²) >= 11 is 0. The van der Waals surface area contributed by atoms with E-state index in [1.807, 2.05) is 6.08 Å². The molecule has 0 aromatic carbocycles. The van der Waals surface area contributed by atoms with E-state index in [4.69, 9.17) is 5.73 Å². The van der Waals surface area contributed by atoms with Crippen molar-refractivity contribution in [3.63, 3.8) is 0 Å². The number of hydrogen-bond acceptors (Lipinski definition) is 1. The maximum atomic E-state index is 5.51. The molecule has 0 aromatic heterocycles. The molecule has 1 heteroatoms. The minimum atomic E-state index is 0.919. The molecular weight excluding hydrogens is 98.1 g/mol. The Balaban J connectivity index is 2.55. The first-order valence-electron chi connectivity index (χ1n) is 3.02. The van der Waals surface area contributed by atoms with Crippen molar-refractivity contribution >= 4 is 0 Å². The average Bonchev–Trinajstić information content (AvgIpc) is 1.94. The average molecular weight is 109 g/mol. The minimum absolute atomic E-state index is 0.919. The monoisotopic (exact) mass is 109 g/mol. The van der Waals surface area contributed by atoms with Gasteiger partial charge in [0.2, 0.25) is 0 Å². The van der Waals surface area contributed by atoms with E-state index in [2.05, 4.69) is 12.2 Å². The summed E-state index contributed by atoms with van der Waals surface area (Å²) in [7, 11) is 0. The van der Waals surface area contributed by atoms with Gasteiger partial charge in [-0.25, -0.2) is 0 Å². The Bertz CT molecular complexity index is 122. The van der Waals surface area contributed by atoms with Crippen LogP contribution in [0.1, 0.15) is 19.3 Å². The molecule has 0 spiro atoms. The predicted molar refractivity (Wildman–Crippen MR) is 35.3 cm³/mol. The van der Waals surface area contributed by atoms with E-state index in [-0.39, 0.29) is 0 Å². The van der Waals surface area contributed by atoms with Crippen molar-refractivity contribution in [1.82, 2.24) is 0 Å². The van der Waals surface area contributed by atoms with Crippen LogP contribution >= 0.6 is 0 Å². The quantitative estimate of drug-likeness (QED) is 0.502. The summed E-state index contributed by atoms with van der Waals surface area (Å²) in [6.07, 6.45) is 9.74. The summed E-state index contributed by atoms with van der Waals surface area (Å²) in [6.45, 7) is 0. The van der Waals surface area contributed by atoms with Crippen LogP contribution in [0.2, 0.25) is 0 Å². The maximum Gasteiger partial charge on any atom is 0.0270 e. The molecule has 2 N–H and O–H groups in total. The summed E-state index contributed by atoms with van der Waals surface area (Å²) in [5.41, 5.74) is 6.43. The van der Waals surface area contributed by atoms with E-state index in [1.165, 1.54) is 12.8 Å². The first-order chi connectivity index (χ1) is 3.89. The summed E-state index contributed by atoms with van der Waals surface area (Å²) in [6, 6.07) is 0. The van der Waals surface area contributed by atoms with Crippen LogP contribution in [0.15, 0.2) is 23.9 Å². The molecular formula is C7H11N. The molecule has 1 nitrogen and oxygen atoms in total. The summed E-state index contributed by atoms with van der Waals surface area (Å²) in [4.78, 5) is 0. The highest BCUT2D eigenvalue weighted by atomic mass is 14.5. The maximum absolute atomic E-state index is 5.51. The highest BCUT2D eigenvalue weighted by molar-refractivity contribution is 5.15. The van der Waals surface area contributed by atoms with Gasteiger partial charge in [-0.3, -0.25) is 0 Å².